The van der Waals surface area contributed by atoms with Crippen molar-refractivity contribution in [3.63, 3.8) is 0 Å². The lowest BCUT2D eigenvalue weighted by Crippen LogP contribution is -2.17. The quantitative estimate of drug-likeness (QED) is 0.763. The third kappa shape index (κ3) is 5.57. The number of hydrogen-bond donors (Lipinski definition) is 1. The van der Waals surface area contributed by atoms with Crippen LogP contribution in [0.3, 0.4) is 0 Å². The van der Waals surface area contributed by atoms with Crippen molar-refractivity contribution in [3.05, 3.63) is 29.8 Å². The van der Waals surface area contributed by atoms with E-state index in [9.17, 15) is 0 Å². The van der Waals surface area contributed by atoms with E-state index in [0.29, 0.717) is 0 Å². The molecular formula is C14H23NS. The summed E-state index contributed by atoms with van der Waals surface area (Å²) >= 11 is 1.95. The minimum absolute atomic E-state index is 0.249. The Hall–Kier alpha value is -0.470. The van der Waals surface area contributed by atoms with Crippen molar-refractivity contribution in [1.82, 2.24) is 0 Å². The lowest BCUT2D eigenvalue weighted by Gasteiger charge is -2.07. The van der Waals surface area contributed by atoms with Gasteiger partial charge < -0.3 is 5.73 Å². The van der Waals surface area contributed by atoms with E-state index in [1.807, 2.05) is 18.7 Å². The maximum atomic E-state index is 5.77. The van der Waals surface area contributed by atoms with Crippen molar-refractivity contribution in [2.24, 2.45) is 11.7 Å². The van der Waals surface area contributed by atoms with Gasteiger partial charge in [-0.15, -0.1) is 11.8 Å². The molecular weight excluding hydrogens is 214 g/mol. The number of hydrogen-bond acceptors (Lipinski definition) is 2. The van der Waals surface area contributed by atoms with Crippen LogP contribution in [-0.2, 0) is 6.42 Å². The van der Waals surface area contributed by atoms with Crippen LogP contribution in [0.5, 0.6) is 0 Å². The summed E-state index contributed by atoms with van der Waals surface area (Å²) < 4.78 is 0. The molecule has 1 nitrogen and oxygen atoms in total. The maximum absolute atomic E-state index is 5.77. The molecule has 1 aromatic carbocycles. The van der Waals surface area contributed by atoms with Crippen molar-refractivity contribution < 1.29 is 0 Å². The first kappa shape index (κ1) is 13.6. The molecule has 0 heterocycles. The van der Waals surface area contributed by atoms with Gasteiger partial charge in [-0.05, 0) is 49.1 Å². The van der Waals surface area contributed by atoms with Crippen LogP contribution in [0.2, 0.25) is 0 Å². The molecule has 16 heavy (non-hydrogen) atoms. The molecule has 90 valence electrons. The molecule has 0 aliphatic carbocycles. The van der Waals surface area contributed by atoms with Crippen molar-refractivity contribution in [2.75, 3.05) is 5.75 Å². The fraction of sp³-hybridized carbons (Fsp3) is 0.571. The van der Waals surface area contributed by atoms with E-state index < -0.39 is 0 Å². The Kier molecular flexibility index (Phi) is 5.93. The second kappa shape index (κ2) is 6.97. The predicted octanol–water partition coefficient (Wildman–Crippen LogP) is 3.71. The minimum Gasteiger partial charge on any atom is -0.328 e. The van der Waals surface area contributed by atoms with Crippen molar-refractivity contribution >= 4 is 11.8 Å². The van der Waals surface area contributed by atoms with Gasteiger partial charge in [0.15, 0.2) is 0 Å². The van der Waals surface area contributed by atoms with Gasteiger partial charge >= 0.3 is 0 Å². The van der Waals surface area contributed by atoms with E-state index in [4.69, 9.17) is 5.73 Å². The van der Waals surface area contributed by atoms with Gasteiger partial charge in [-0.25, -0.2) is 0 Å². The van der Waals surface area contributed by atoms with E-state index in [2.05, 4.69) is 38.1 Å². The molecule has 0 saturated heterocycles. The van der Waals surface area contributed by atoms with E-state index in [1.165, 1.54) is 22.6 Å². The lowest BCUT2D eigenvalue weighted by molar-refractivity contribution is 0.632. The van der Waals surface area contributed by atoms with Crippen LogP contribution in [-0.4, -0.2) is 11.8 Å². The van der Waals surface area contributed by atoms with Gasteiger partial charge in [0.2, 0.25) is 0 Å². The molecule has 0 aliphatic rings. The van der Waals surface area contributed by atoms with Gasteiger partial charge in [0.25, 0.3) is 0 Å². The summed E-state index contributed by atoms with van der Waals surface area (Å²) in [6, 6.07) is 9.06. The first-order valence-corrected chi connectivity index (χ1v) is 7.04. The average Bonchev–Trinajstić information content (AvgIpc) is 2.19. The second-order valence-electron chi connectivity index (χ2n) is 4.86. The van der Waals surface area contributed by atoms with Crippen molar-refractivity contribution in [3.8, 4) is 0 Å². The molecule has 0 radical (unpaired) electrons. The molecule has 1 unspecified atom stereocenters. The molecule has 0 bridgehead atoms. The van der Waals surface area contributed by atoms with Crippen LogP contribution >= 0.6 is 11.8 Å². The Balaban J connectivity index is 2.39. The SMILES string of the molecule is CC(C)CCSc1ccc(CC(C)N)cc1. The molecule has 1 rings (SSSR count). The monoisotopic (exact) mass is 237 g/mol. The molecule has 0 spiro atoms. The van der Waals surface area contributed by atoms with Gasteiger partial charge in [0.1, 0.15) is 0 Å². The number of thioether (sulfide) groups is 1. The van der Waals surface area contributed by atoms with Crippen LogP contribution in [0.15, 0.2) is 29.2 Å². The summed E-state index contributed by atoms with van der Waals surface area (Å²) in [5, 5.41) is 0. The van der Waals surface area contributed by atoms with E-state index >= 15 is 0 Å². The second-order valence-corrected chi connectivity index (χ2v) is 6.02. The highest BCUT2D eigenvalue weighted by Crippen LogP contribution is 2.21. The first-order valence-electron chi connectivity index (χ1n) is 6.05. The Bertz CT molecular complexity index is 290. The summed E-state index contributed by atoms with van der Waals surface area (Å²) in [6.07, 6.45) is 2.25. The van der Waals surface area contributed by atoms with Crippen molar-refractivity contribution in [1.29, 1.82) is 0 Å². The van der Waals surface area contributed by atoms with Crippen LogP contribution in [0.1, 0.15) is 32.8 Å². The number of nitrogens with two attached hydrogens (primary N) is 1. The highest BCUT2D eigenvalue weighted by Gasteiger charge is 1.99. The standard InChI is InChI=1S/C14H23NS/c1-11(2)8-9-16-14-6-4-13(5-7-14)10-12(3)15/h4-7,11-12H,8-10,15H2,1-3H3. The fourth-order valence-corrected chi connectivity index (χ4v) is 2.66. The normalized spacial score (nSPS) is 13.1. The molecule has 1 aromatic rings. The predicted molar refractivity (Wildman–Crippen MR) is 74.0 cm³/mol. The van der Waals surface area contributed by atoms with Crippen LogP contribution in [0, 0.1) is 5.92 Å². The minimum atomic E-state index is 0.249. The van der Waals surface area contributed by atoms with E-state index in [1.54, 1.807) is 0 Å². The van der Waals surface area contributed by atoms with Crippen LogP contribution < -0.4 is 5.73 Å². The molecule has 2 heteroatoms. The Morgan fingerprint density at radius 2 is 1.75 bits per heavy atom. The summed E-state index contributed by atoms with van der Waals surface area (Å²) in [5.74, 6) is 2.01. The van der Waals surface area contributed by atoms with Crippen LogP contribution in [0.4, 0.5) is 0 Å². The molecule has 0 aliphatic heterocycles. The Labute approximate surface area is 104 Å². The van der Waals surface area contributed by atoms with Gasteiger partial charge in [-0.2, -0.15) is 0 Å². The molecule has 2 N–H and O–H groups in total. The summed E-state index contributed by atoms with van der Waals surface area (Å²) in [5.41, 5.74) is 7.11. The largest absolute Gasteiger partial charge is 0.328 e. The topological polar surface area (TPSA) is 26.0 Å². The van der Waals surface area contributed by atoms with E-state index in [-0.39, 0.29) is 6.04 Å². The summed E-state index contributed by atoms with van der Waals surface area (Å²) in [7, 11) is 0. The van der Waals surface area contributed by atoms with Gasteiger partial charge in [0, 0.05) is 10.9 Å². The molecule has 1 atom stereocenters. The fourth-order valence-electron chi connectivity index (χ4n) is 1.51. The highest BCUT2D eigenvalue weighted by atomic mass is 32.2. The maximum Gasteiger partial charge on any atom is 0.00721 e. The smallest absolute Gasteiger partial charge is 0.00721 e. The Morgan fingerprint density at radius 3 is 2.25 bits per heavy atom. The zero-order chi connectivity index (χ0) is 12.0. The molecule has 0 amide bonds. The zero-order valence-electron chi connectivity index (χ0n) is 10.6. The average molecular weight is 237 g/mol. The molecule has 0 fully saturated rings. The summed E-state index contributed by atoms with van der Waals surface area (Å²) in [4.78, 5) is 1.37. The third-order valence-corrected chi connectivity index (χ3v) is 3.49. The Morgan fingerprint density at radius 1 is 1.12 bits per heavy atom. The van der Waals surface area contributed by atoms with Gasteiger partial charge in [-0.1, -0.05) is 26.0 Å². The first-order chi connectivity index (χ1) is 7.58. The van der Waals surface area contributed by atoms with Gasteiger partial charge in [0.05, 0.1) is 0 Å². The third-order valence-electron chi connectivity index (χ3n) is 2.44. The number of benzene rings is 1. The molecule has 0 aromatic heterocycles. The summed E-state index contributed by atoms with van der Waals surface area (Å²) in [6.45, 7) is 6.59. The van der Waals surface area contributed by atoms with E-state index in [0.717, 1.165) is 12.3 Å². The number of rotatable bonds is 6. The van der Waals surface area contributed by atoms with Crippen molar-refractivity contribution in [2.45, 2.75) is 44.6 Å². The lowest BCUT2D eigenvalue weighted by atomic mass is 10.1. The molecule has 0 saturated carbocycles. The van der Waals surface area contributed by atoms with Gasteiger partial charge in [-0.3, -0.25) is 0 Å². The van der Waals surface area contributed by atoms with Crippen LogP contribution in [0.25, 0.3) is 0 Å². The highest BCUT2D eigenvalue weighted by molar-refractivity contribution is 7.99. The zero-order valence-corrected chi connectivity index (χ0v) is 11.4.